The molecule has 0 spiro atoms. The van der Waals surface area contributed by atoms with Crippen molar-refractivity contribution in [1.29, 1.82) is 0 Å². The van der Waals surface area contributed by atoms with Gasteiger partial charge in [0.25, 0.3) is 0 Å². The number of benzene rings is 1. The quantitative estimate of drug-likeness (QED) is 0.235. The standard InChI is InChI=1S/C28H30F3N5O4/c1-16(25-24(29)20(8-11-33-25)28(30,31)27(3,4)37)34-26-19-14-23(22(38-5)15-21(19)35-17(2)36-26)40-13-12-39-18-6-9-32-10-7-18/h6-11,14-16,37H,12-13H2,1-5H3,(H,34,35,36)/t16-/m1/s1. The van der Waals surface area contributed by atoms with Crippen LogP contribution in [0, 0.1) is 12.7 Å². The Labute approximate surface area is 229 Å². The molecule has 3 heterocycles. The van der Waals surface area contributed by atoms with Gasteiger partial charge in [0.15, 0.2) is 17.3 Å². The smallest absolute Gasteiger partial charge is 0.303 e. The molecule has 212 valence electrons. The Bertz CT molecular complexity index is 1480. The molecule has 0 aliphatic rings. The molecule has 0 amide bonds. The predicted octanol–water partition coefficient (Wildman–Crippen LogP) is 5.37. The Kier molecular flexibility index (Phi) is 8.29. The van der Waals surface area contributed by atoms with E-state index < -0.39 is 28.9 Å². The Morgan fingerprint density at radius 3 is 2.38 bits per heavy atom. The number of aryl methyl sites for hydroxylation is 1. The number of nitrogens with zero attached hydrogens (tertiary/aromatic N) is 4. The third-order valence-electron chi connectivity index (χ3n) is 6.14. The molecule has 0 aliphatic carbocycles. The van der Waals surface area contributed by atoms with E-state index in [1.807, 2.05) is 0 Å². The summed E-state index contributed by atoms with van der Waals surface area (Å²) in [6.07, 6.45) is 4.33. The fraction of sp³-hybridized carbons (Fsp3) is 0.357. The lowest BCUT2D eigenvalue weighted by Crippen LogP contribution is -2.41. The lowest BCUT2D eigenvalue weighted by molar-refractivity contribution is -0.170. The number of fused-ring (bicyclic) bond motifs is 1. The van der Waals surface area contributed by atoms with Crippen molar-refractivity contribution in [1.82, 2.24) is 19.9 Å². The van der Waals surface area contributed by atoms with Crippen molar-refractivity contribution in [2.45, 2.75) is 45.3 Å². The number of aliphatic hydroxyl groups is 1. The first-order valence-electron chi connectivity index (χ1n) is 12.5. The molecule has 0 unspecified atom stereocenters. The largest absolute Gasteiger partial charge is 0.493 e. The van der Waals surface area contributed by atoms with Crippen LogP contribution in [0.4, 0.5) is 19.0 Å². The van der Waals surface area contributed by atoms with E-state index in [1.165, 1.54) is 7.11 Å². The van der Waals surface area contributed by atoms with Crippen molar-refractivity contribution in [3.8, 4) is 17.2 Å². The van der Waals surface area contributed by atoms with Gasteiger partial charge in [-0.05, 0) is 52.0 Å². The van der Waals surface area contributed by atoms with Crippen molar-refractivity contribution in [2.24, 2.45) is 0 Å². The lowest BCUT2D eigenvalue weighted by Gasteiger charge is -2.30. The number of anilines is 1. The van der Waals surface area contributed by atoms with E-state index in [1.54, 1.807) is 50.5 Å². The van der Waals surface area contributed by atoms with Gasteiger partial charge in [0.05, 0.1) is 29.9 Å². The fourth-order valence-electron chi connectivity index (χ4n) is 3.99. The topological polar surface area (TPSA) is 112 Å². The van der Waals surface area contributed by atoms with E-state index in [4.69, 9.17) is 14.2 Å². The van der Waals surface area contributed by atoms with Gasteiger partial charge in [-0.1, -0.05) is 0 Å². The third-order valence-corrected chi connectivity index (χ3v) is 6.14. The van der Waals surface area contributed by atoms with Gasteiger partial charge in [-0.25, -0.2) is 14.4 Å². The van der Waals surface area contributed by atoms with Crippen molar-refractivity contribution in [3.05, 3.63) is 71.8 Å². The first-order chi connectivity index (χ1) is 18.9. The van der Waals surface area contributed by atoms with Gasteiger partial charge in [-0.2, -0.15) is 8.78 Å². The first-order valence-corrected chi connectivity index (χ1v) is 12.5. The molecule has 2 N–H and O–H groups in total. The molecule has 40 heavy (non-hydrogen) atoms. The second-order valence-corrected chi connectivity index (χ2v) is 9.58. The number of pyridine rings is 2. The number of hydrogen-bond acceptors (Lipinski definition) is 9. The molecular formula is C28H30F3N5O4. The van der Waals surface area contributed by atoms with Gasteiger partial charge in [-0.3, -0.25) is 9.97 Å². The van der Waals surface area contributed by atoms with E-state index >= 15 is 4.39 Å². The van der Waals surface area contributed by atoms with Crippen LogP contribution >= 0.6 is 0 Å². The summed E-state index contributed by atoms with van der Waals surface area (Å²) >= 11 is 0. The highest BCUT2D eigenvalue weighted by molar-refractivity contribution is 5.92. The Hall–Kier alpha value is -4.19. The van der Waals surface area contributed by atoms with Crippen molar-refractivity contribution in [3.63, 3.8) is 0 Å². The van der Waals surface area contributed by atoms with Crippen molar-refractivity contribution < 1.29 is 32.5 Å². The summed E-state index contributed by atoms with van der Waals surface area (Å²) in [6, 6.07) is 6.81. The third kappa shape index (κ3) is 6.01. The number of rotatable bonds is 11. The molecule has 9 nitrogen and oxygen atoms in total. The maximum atomic E-state index is 15.3. The molecule has 0 aliphatic heterocycles. The molecule has 0 fully saturated rings. The molecule has 0 saturated heterocycles. The Morgan fingerprint density at radius 1 is 1.00 bits per heavy atom. The van der Waals surface area contributed by atoms with Gasteiger partial charge in [0, 0.05) is 30.0 Å². The molecule has 1 atom stereocenters. The van der Waals surface area contributed by atoms with Crippen LogP contribution in [0.5, 0.6) is 17.2 Å². The minimum atomic E-state index is -3.85. The second-order valence-electron chi connectivity index (χ2n) is 9.58. The summed E-state index contributed by atoms with van der Waals surface area (Å²) in [5, 5.41) is 13.5. The summed E-state index contributed by atoms with van der Waals surface area (Å²) in [5.41, 5.74) is -3.17. The van der Waals surface area contributed by atoms with Crippen molar-refractivity contribution >= 4 is 16.7 Å². The molecule has 3 aromatic heterocycles. The number of ether oxygens (including phenoxy) is 3. The van der Waals surface area contributed by atoms with Crippen LogP contribution < -0.4 is 19.5 Å². The molecule has 1 aromatic carbocycles. The Morgan fingerprint density at radius 2 is 1.70 bits per heavy atom. The average Bonchev–Trinajstić information content (AvgIpc) is 2.90. The molecule has 0 bridgehead atoms. The summed E-state index contributed by atoms with van der Waals surface area (Å²) < 4.78 is 62.0. The zero-order chi connectivity index (χ0) is 29.1. The minimum absolute atomic E-state index is 0.202. The van der Waals surface area contributed by atoms with Crippen LogP contribution in [-0.4, -0.2) is 51.0 Å². The van der Waals surface area contributed by atoms with E-state index in [9.17, 15) is 13.9 Å². The van der Waals surface area contributed by atoms with Crippen LogP contribution in [0.15, 0.2) is 48.9 Å². The first kappa shape index (κ1) is 28.8. The maximum absolute atomic E-state index is 15.3. The fourth-order valence-corrected chi connectivity index (χ4v) is 3.99. The SMILES string of the molecule is COc1cc2nc(C)nc(N[C@H](C)c3nccc(C(F)(F)C(C)(C)O)c3F)c2cc1OCCOc1ccncc1. The van der Waals surface area contributed by atoms with Gasteiger partial charge < -0.3 is 24.6 Å². The van der Waals surface area contributed by atoms with Gasteiger partial charge in [0.1, 0.15) is 36.2 Å². The highest BCUT2D eigenvalue weighted by atomic mass is 19.3. The van der Waals surface area contributed by atoms with Crippen LogP contribution in [0.25, 0.3) is 10.9 Å². The minimum Gasteiger partial charge on any atom is -0.493 e. The summed E-state index contributed by atoms with van der Waals surface area (Å²) in [7, 11) is 1.50. The molecule has 0 saturated carbocycles. The van der Waals surface area contributed by atoms with E-state index in [-0.39, 0.29) is 18.9 Å². The number of alkyl halides is 2. The van der Waals surface area contributed by atoms with Crippen LogP contribution in [0.3, 0.4) is 0 Å². The van der Waals surface area contributed by atoms with Crippen LogP contribution in [-0.2, 0) is 5.92 Å². The number of nitrogens with one attached hydrogen (secondary N) is 1. The molecule has 0 radical (unpaired) electrons. The molecule has 4 aromatic rings. The molecular weight excluding hydrogens is 527 g/mol. The van der Waals surface area contributed by atoms with E-state index in [2.05, 4.69) is 25.3 Å². The average molecular weight is 558 g/mol. The second kappa shape index (κ2) is 11.5. The normalized spacial score (nSPS) is 12.7. The van der Waals surface area contributed by atoms with E-state index in [0.717, 1.165) is 26.1 Å². The van der Waals surface area contributed by atoms with Crippen molar-refractivity contribution in [2.75, 3.05) is 25.6 Å². The van der Waals surface area contributed by atoms with Gasteiger partial charge >= 0.3 is 5.92 Å². The van der Waals surface area contributed by atoms with Crippen LogP contribution in [0.2, 0.25) is 0 Å². The van der Waals surface area contributed by atoms with Crippen LogP contribution in [0.1, 0.15) is 43.9 Å². The van der Waals surface area contributed by atoms with Gasteiger partial charge in [-0.15, -0.1) is 0 Å². The number of aromatic nitrogens is 4. The van der Waals surface area contributed by atoms with Gasteiger partial charge in [0.2, 0.25) is 0 Å². The summed E-state index contributed by atoms with van der Waals surface area (Å²) in [4.78, 5) is 16.8. The highest BCUT2D eigenvalue weighted by Crippen LogP contribution is 2.41. The predicted molar refractivity (Wildman–Crippen MR) is 142 cm³/mol. The molecule has 4 rings (SSSR count). The number of hydrogen-bond donors (Lipinski definition) is 2. The lowest BCUT2D eigenvalue weighted by atomic mass is 9.92. The summed E-state index contributed by atoms with van der Waals surface area (Å²) in [5.74, 6) is -2.86. The maximum Gasteiger partial charge on any atom is 0.303 e. The van der Waals surface area contributed by atoms with E-state index in [0.29, 0.717) is 39.8 Å². The number of methoxy groups -OCH3 is 1. The number of halogens is 3. The highest BCUT2D eigenvalue weighted by Gasteiger charge is 2.49. The molecule has 12 heteroatoms. The zero-order valence-electron chi connectivity index (χ0n) is 22.7. The monoisotopic (exact) mass is 557 g/mol. The zero-order valence-corrected chi connectivity index (χ0v) is 22.7. The summed E-state index contributed by atoms with van der Waals surface area (Å²) in [6.45, 7) is 5.55. The Balaban J connectivity index is 1.62.